The van der Waals surface area contributed by atoms with Gasteiger partial charge in [-0.25, -0.2) is 4.79 Å². The summed E-state index contributed by atoms with van der Waals surface area (Å²) in [4.78, 5) is 269. The summed E-state index contributed by atoms with van der Waals surface area (Å²) in [5.41, 5.74) is 18.6. The highest BCUT2D eigenvalue weighted by atomic mass is 16.5. The number of H-pyrrole nitrogens is 1. The average Bonchev–Trinajstić information content (AvgIpc) is 1.53. The van der Waals surface area contributed by atoms with Gasteiger partial charge in [-0.3, -0.25) is 76.7 Å². The topological polar surface area (TPSA) is 598 Å². The van der Waals surface area contributed by atoms with Crippen LogP contribution in [-0.2, 0) is 107 Å². The second kappa shape index (κ2) is 45.6. The van der Waals surface area contributed by atoms with Gasteiger partial charge in [0.2, 0.25) is 53.2 Å². The number of nitrogens with two attached hydrogens (primary N) is 3. The molecule has 1 saturated heterocycles. The van der Waals surface area contributed by atoms with Crippen molar-refractivity contribution in [3.63, 3.8) is 0 Å². The van der Waals surface area contributed by atoms with Crippen LogP contribution < -0.4 is 59.7 Å². The Morgan fingerprint density at radius 2 is 1.23 bits per heavy atom. The first kappa shape index (κ1) is 89.7. The molecule has 36 nitrogen and oxygen atoms in total. The van der Waals surface area contributed by atoms with Gasteiger partial charge < -0.3 is 79.7 Å². The van der Waals surface area contributed by atoms with Gasteiger partial charge in [-0.05, 0) is 76.3 Å². The second-order valence-corrected chi connectivity index (χ2v) is 25.3. The largest absolute Gasteiger partial charge is 0.481 e. The zero-order valence-corrected chi connectivity index (χ0v) is 59.1. The van der Waals surface area contributed by atoms with Gasteiger partial charge in [-0.1, -0.05) is 58.0 Å². The highest BCUT2D eigenvalue weighted by Crippen LogP contribution is 2.27. The van der Waals surface area contributed by atoms with E-state index in [2.05, 4.69) is 47.5 Å². The number of nitrogen functional groups attached to an aromatic ring is 1. The van der Waals surface area contributed by atoms with Crippen molar-refractivity contribution in [3.8, 4) is 0 Å². The molecule has 2 aromatic carbocycles. The highest BCUT2D eigenvalue weighted by molar-refractivity contribution is 6.05. The number of hydrogen-bond donors (Lipinski definition) is 14. The molecule has 12 atom stereocenters. The number of aliphatic hydroxyl groups excluding tert-OH is 1. The molecule has 36 heteroatoms. The number of hydrogen-bond acceptors (Lipinski definition) is 25. The summed E-state index contributed by atoms with van der Waals surface area (Å²) in [5, 5.41) is 40.2. The molecule has 1 aliphatic rings. The van der Waals surface area contributed by atoms with E-state index >= 15 is 0 Å². The number of ketones is 6. The fourth-order valence-electron chi connectivity index (χ4n) is 10.9. The number of anilines is 1. The summed E-state index contributed by atoms with van der Waals surface area (Å²) in [7, 11) is 0. The molecule has 572 valence electrons. The quantitative estimate of drug-likeness (QED) is 0.0238. The average molecular weight is 1470 g/mol. The lowest BCUT2D eigenvalue weighted by Crippen LogP contribution is -2.54. The Kier molecular flexibility index (Phi) is 39.0. The zero-order valence-electron chi connectivity index (χ0n) is 59.1. The van der Waals surface area contributed by atoms with Crippen LogP contribution in [0.25, 0.3) is 10.9 Å². The third kappa shape index (κ3) is 30.6. The number of carbonyl (C=O) groups excluding carboxylic acids is 20. The number of benzene rings is 2. The van der Waals surface area contributed by atoms with Gasteiger partial charge in [0.25, 0.3) is 0 Å². The molecular weight excluding hydrogens is 1380 g/mol. The molecule has 105 heavy (non-hydrogen) atoms. The third-order valence-corrected chi connectivity index (χ3v) is 16.9. The van der Waals surface area contributed by atoms with Crippen molar-refractivity contribution in [1.82, 2.24) is 47.5 Å². The number of aliphatic carboxylic acids is 1. The number of aliphatic hydroxyl groups is 1. The molecule has 0 spiro atoms. The minimum absolute atomic E-state index is 0.0233. The Labute approximate surface area is 602 Å². The summed E-state index contributed by atoms with van der Waals surface area (Å²) in [6.45, 7) is 6.81. The Hall–Kier alpha value is -11.4. The summed E-state index contributed by atoms with van der Waals surface area (Å²) < 4.78 is 5.82. The molecule has 4 rings (SSSR count). The first-order chi connectivity index (χ1) is 49.5. The van der Waals surface area contributed by atoms with E-state index in [1.54, 1.807) is 37.4 Å². The molecule has 2 heterocycles. The Bertz CT molecular complexity index is 3700. The van der Waals surface area contributed by atoms with E-state index in [1.807, 2.05) is 0 Å². The molecule has 12 unspecified atom stereocenters. The first-order valence-electron chi connectivity index (χ1n) is 33.4. The van der Waals surface area contributed by atoms with Crippen molar-refractivity contribution in [2.75, 3.05) is 32.0 Å². The van der Waals surface area contributed by atoms with Crippen molar-refractivity contribution in [3.05, 3.63) is 65.9 Å². The lowest BCUT2D eigenvalue weighted by molar-refractivity contribution is -0.193. The van der Waals surface area contributed by atoms with E-state index in [0.29, 0.717) is 5.56 Å². The summed E-state index contributed by atoms with van der Waals surface area (Å²) >= 11 is 0. The van der Waals surface area contributed by atoms with Gasteiger partial charge in [0.05, 0.1) is 50.5 Å². The van der Waals surface area contributed by atoms with E-state index in [4.69, 9.17) is 41.1 Å². The Morgan fingerprint density at radius 1 is 0.657 bits per heavy atom. The Morgan fingerprint density at radius 3 is 1.81 bits per heavy atom. The monoisotopic (exact) mass is 1470 g/mol. The molecule has 1 aliphatic heterocycles. The number of carboxylic acid groups (broad SMARTS) is 1. The van der Waals surface area contributed by atoms with Crippen LogP contribution in [-0.4, -0.2) is 196 Å². The van der Waals surface area contributed by atoms with Gasteiger partial charge in [0.1, 0.15) is 41.8 Å². The lowest BCUT2D eigenvalue weighted by atomic mass is 9.84. The number of nitrogens with one attached hydrogen (secondary N) is 9. The number of aromatic nitrogens is 1. The van der Waals surface area contributed by atoms with Crippen LogP contribution in [0.15, 0.2) is 54.7 Å². The summed E-state index contributed by atoms with van der Waals surface area (Å²) in [6.07, 6.45) is -6.21. The van der Waals surface area contributed by atoms with Crippen LogP contribution in [0.4, 0.5) is 5.69 Å². The number of fused-ring (bicyclic) bond motifs is 1. The van der Waals surface area contributed by atoms with E-state index in [0.717, 1.165) is 17.8 Å². The number of esters is 1. The van der Waals surface area contributed by atoms with Gasteiger partial charge in [0.15, 0.2) is 23.1 Å². The fraction of sp³-hybridized carbons (Fsp3) is 0.522. The molecule has 9 amide bonds. The molecular formula is C69H92N12O24. The van der Waals surface area contributed by atoms with Crippen molar-refractivity contribution in [2.45, 2.75) is 168 Å². The van der Waals surface area contributed by atoms with Crippen LogP contribution in [0.2, 0.25) is 0 Å². The number of rotatable bonds is 25. The molecule has 1 aromatic heterocycles. The number of ether oxygens (including phenoxy) is 1. The summed E-state index contributed by atoms with van der Waals surface area (Å²) in [5.74, 6) is -25.3. The molecule has 0 aliphatic carbocycles. The molecule has 0 bridgehead atoms. The second-order valence-electron chi connectivity index (χ2n) is 25.3. The number of cyclic esters (lactones) is 1. The number of carbonyl (C=O) groups is 17. The fourth-order valence-corrected chi connectivity index (χ4v) is 10.9. The third-order valence-electron chi connectivity index (χ3n) is 16.9. The Balaban J connectivity index is 0.00000602. The minimum Gasteiger partial charge on any atom is -0.481 e. The molecule has 0 saturated carbocycles. The van der Waals surface area contributed by atoms with E-state index < -0.39 is 237 Å². The minimum atomic E-state index is -2.01. The number of carboxylic acids is 1. The predicted octanol–water partition coefficient (Wildman–Crippen LogP) is -2.43. The van der Waals surface area contributed by atoms with Crippen molar-refractivity contribution in [2.24, 2.45) is 47.0 Å². The van der Waals surface area contributed by atoms with E-state index in [-0.39, 0.29) is 68.0 Å². The van der Waals surface area contributed by atoms with Crippen LogP contribution in [0, 0.1) is 35.5 Å². The molecule has 1 fully saturated rings. The standard InChI is InChI=1S/C67H92N12O20.2CO2/c1-8-41(81)22-39(21-40-29-71-47-17-12-10-14-42(40)47)64(95)78-49(28-57(70)87)55(85)23-38(24-60(90)91)52(82)26-45-37(7)99-67(98)50(27-53(83)43-15-9-11-16-46(43)69)79-66(97)44(33(2)3)25-56(86)51(32-80)77-59(89)30-72-62(93)35(5)75-63(94)36(6)74-61(92)34(4)20-54(84)48(18-13-19-68)76-58(88)31-73-65(45)96;2*2-1-3/h9-12,14-17,29,33-39,44-45,48-51,71,80H,8,13,18-28,30-32,68-69H2,1-7H3,(H2,70,87)(H,72,93)(H,73,96)(H,74,92)(H,75,94)(H,76,88)(H,77,89)(H,78,95)(H,79,97)(H,90,91);;. The molecule has 0 radical (unpaired) electrons. The maximum atomic E-state index is 14.7. The lowest BCUT2D eigenvalue weighted by Gasteiger charge is -2.28. The van der Waals surface area contributed by atoms with E-state index in [9.17, 15) is 91.7 Å². The van der Waals surface area contributed by atoms with Crippen molar-refractivity contribution < 1.29 is 116 Å². The zero-order chi connectivity index (χ0) is 79.4. The van der Waals surface area contributed by atoms with Crippen molar-refractivity contribution >= 4 is 129 Å². The highest BCUT2D eigenvalue weighted by Gasteiger charge is 2.40. The van der Waals surface area contributed by atoms with Gasteiger partial charge in [-0.15, -0.1) is 0 Å². The van der Waals surface area contributed by atoms with Crippen LogP contribution in [0.5, 0.6) is 0 Å². The van der Waals surface area contributed by atoms with Crippen LogP contribution >= 0.6 is 0 Å². The van der Waals surface area contributed by atoms with Crippen LogP contribution in [0.1, 0.15) is 135 Å². The van der Waals surface area contributed by atoms with E-state index in [1.165, 1.54) is 58.9 Å². The number of Topliss-reactive ketones (excluding diaryl/α,β-unsaturated/α-hetero) is 6. The summed E-state index contributed by atoms with van der Waals surface area (Å²) in [6, 6.07) is 3.30. The SMILES string of the molecule is CCC(=O)CC(Cc1c[nH]c2ccccc12)C(=O)NC(CC(N)=O)C(=O)CC(CC(=O)O)C(=O)CC1C(=O)NCC(=O)NC(CCCN)C(=O)CC(C)C(=O)NC(C)C(=O)NC(C)C(=O)NCC(=O)NC(CO)C(=O)CC(C(C)C)C(=O)NC(CC(=O)c2ccccc2N)C(=O)OC1C.O=C=O.O=C=O. The number of primary amides is 1. The molecule has 3 aromatic rings. The number of amides is 9. The predicted molar refractivity (Wildman–Crippen MR) is 364 cm³/mol. The normalized spacial score (nSPS) is 21.7. The maximum Gasteiger partial charge on any atom is 0.373 e. The number of aromatic amines is 1. The van der Waals surface area contributed by atoms with Gasteiger partial charge >= 0.3 is 24.2 Å². The number of para-hydroxylation sites is 2. The van der Waals surface area contributed by atoms with Crippen LogP contribution in [0.3, 0.4) is 0 Å². The molecule has 17 N–H and O–H groups in total. The van der Waals surface area contributed by atoms with Crippen molar-refractivity contribution in [1.29, 1.82) is 0 Å². The van der Waals surface area contributed by atoms with Gasteiger partial charge in [0, 0.05) is 97.0 Å². The first-order valence-corrected chi connectivity index (χ1v) is 33.4. The smallest absolute Gasteiger partial charge is 0.373 e. The maximum absolute atomic E-state index is 14.7. The van der Waals surface area contributed by atoms with Gasteiger partial charge in [-0.2, -0.15) is 19.2 Å².